The molecule has 5 heteroatoms. The number of amides is 2. The quantitative estimate of drug-likeness (QED) is 0.725. The van der Waals surface area contributed by atoms with Gasteiger partial charge >= 0.3 is 6.03 Å². The first kappa shape index (κ1) is 12.6. The van der Waals surface area contributed by atoms with Gasteiger partial charge in [-0.2, -0.15) is 0 Å². The molecule has 2 fully saturated rings. The molecule has 2 aliphatic rings. The fraction of sp³-hybridized carbons (Fsp3) is 0.917. The van der Waals surface area contributed by atoms with Crippen LogP contribution >= 0.6 is 0 Å². The zero-order valence-corrected chi connectivity index (χ0v) is 10.7. The maximum absolute atomic E-state index is 11.7. The minimum atomic E-state index is 0.0868. The SMILES string of the molecule is CCNC(=O)N1CCC(N2CCC(N)CC2)C1. The van der Waals surface area contributed by atoms with Gasteiger partial charge in [-0.05, 0) is 39.3 Å². The van der Waals surface area contributed by atoms with Gasteiger partial charge in [-0.3, -0.25) is 4.90 Å². The van der Waals surface area contributed by atoms with E-state index in [1.54, 1.807) is 0 Å². The number of carbonyl (C=O) groups excluding carboxylic acids is 1. The van der Waals surface area contributed by atoms with Crippen molar-refractivity contribution < 1.29 is 4.79 Å². The predicted octanol–water partition coefficient (Wildman–Crippen LogP) is 0.213. The van der Waals surface area contributed by atoms with Crippen molar-refractivity contribution in [3.8, 4) is 0 Å². The summed E-state index contributed by atoms with van der Waals surface area (Å²) in [6.07, 6.45) is 3.29. The van der Waals surface area contributed by atoms with Gasteiger partial charge < -0.3 is 16.0 Å². The highest BCUT2D eigenvalue weighted by molar-refractivity contribution is 5.74. The molecule has 1 atom stereocenters. The van der Waals surface area contributed by atoms with Crippen LogP contribution in [0.5, 0.6) is 0 Å². The number of likely N-dealkylation sites (tertiary alicyclic amines) is 2. The molecule has 0 bridgehead atoms. The van der Waals surface area contributed by atoms with E-state index in [-0.39, 0.29) is 6.03 Å². The van der Waals surface area contributed by atoms with Crippen molar-refractivity contribution in [1.29, 1.82) is 0 Å². The molecule has 2 saturated heterocycles. The Balaban J connectivity index is 1.79. The summed E-state index contributed by atoms with van der Waals surface area (Å²) in [6.45, 7) is 6.61. The first-order chi connectivity index (χ1) is 8.20. The monoisotopic (exact) mass is 240 g/mol. The lowest BCUT2D eigenvalue weighted by Crippen LogP contribution is -2.47. The summed E-state index contributed by atoms with van der Waals surface area (Å²) < 4.78 is 0. The molecular weight excluding hydrogens is 216 g/mol. The van der Waals surface area contributed by atoms with E-state index in [4.69, 9.17) is 5.73 Å². The first-order valence-corrected chi connectivity index (χ1v) is 6.73. The van der Waals surface area contributed by atoms with E-state index in [9.17, 15) is 4.79 Å². The molecule has 5 nitrogen and oxygen atoms in total. The molecule has 98 valence electrons. The first-order valence-electron chi connectivity index (χ1n) is 6.73. The van der Waals surface area contributed by atoms with Gasteiger partial charge in [0.05, 0.1) is 0 Å². The molecule has 2 amide bonds. The highest BCUT2D eigenvalue weighted by atomic mass is 16.2. The molecule has 1 unspecified atom stereocenters. The Morgan fingerprint density at radius 2 is 2.00 bits per heavy atom. The highest BCUT2D eigenvalue weighted by Crippen LogP contribution is 2.19. The van der Waals surface area contributed by atoms with Gasteiger partial charge in [-0.1, -0.05) is 0 Å². The van der Waals surface area contributed by atoms with Crippen molar-refractivity contribution in [3.05, 3.63) is 0 Å². The van der Waals surface area contributed by atoms with Gasteiger partial charge in [0.15, 0.2) is 0 Å². The average molecular weight is 240 g/mol. The van der Waals surface area contributed by atoms with E-state index in [1.807, 2.05) is 11.8 Å². The summed E-state index contributed by atoms with van der Waals surface area (Å²) in [4.78, 5) is 16.1. The molecule has 2 aliphatic heterocycles. The smallest absolute Gasteiger partial charge is 0.317 e. The van der Waals surface area contributed by atoms with Crippen LogP contribution in [-0.2, 0) is 0 Å². The number of nitrogens with one attached hydrogen (secondary N) is 1. The normalized spacial score (nSPS) is 27.4. The predicted molar refractivity (Wildman–Crippen MR) is 67.8 cm³/mol. The van der Waals surface area contributed by atoms with Crippen LogP contribution in [0.1, 0.15) is 26.2 Å². The van der Waals surface area contributed by atoms with Crippen LogP contribution in [0, 0.1) is 0 Å². The summed E-state index contributed by atoms with van der Waals surface area (Å²) in [5.41, 5.74) is 5.91. The second-order valence-corrected chi connectivity index (χ2v) is 5.10. The molecule has 0 aromatic carbocycles. The minimum Gasteiger partial charge on any atom is -0.338 e. The lowest BCUT2D eigenvalue weighted by Gasteiger charge is -2.34. The fourth-order valence-corrected chi connectivity index (χ4v) is 2.77. The van der Waals surface area contributed by atoms with E-state index < -0.39 is 0 Å². The molecule has 0 aromatic rings. The Labute approximate surface area is 103 Å². The Kier molecular flexibility index (Phi) is 4.23. The molecule has 2 rings (SSSR count). The number of urea groups is 1. The molecule has 0 aliphatic carbocycles. The number of nitrogens with zero attached hydrogens (tertiary/aromatic N) is 2. The third kappa shape index (κ3) is 3.10. The van der Waals surface area contributed by atoms with Gasteiger partial charge in [-0.15, -0.1) is 0 Å². The Morgan fingerprint density at radius 3 is 2.65 bits per heavy atom. The molecule has 0 aromatic heterocycles. The van der Waals surface area contributed by atoms with Crippen molar-refractivity contribution in [2.45, 2.75) is 38.3 Å². The van der Waals surface area contributed by atoms with Crippen LogP contribution < -0.4 is 11.1 Å². The molecule has 0 spiro atoms. The van der Waals surface area contributed by atoms with Crippen LogP contribution in [0.25, 0.3) is 0 Å². The van der Waals surface area contributed by atoms with E-state index >= 15 is 0 Å². The second-order valence-electron chi connectivity index (χ2n) is 5.10. The lowest BCUT2D eigenvalue weighted by atomic mass is 10.0. The molecule has 0 saturated carbocycles. The number of hydrogen-bond acceptors (Lipinski definition) is 3. The number of hydrogen-bond donors (Lipinski definition) is 2. The van der Waals surface area contributed by atoms with Crippen LogP contribution in [0.2, 0.25) is 0 Å². The van der Waals surface area contributed by atoms with Crippen LogP contribution in [0.4, 0.5) is 4.79 Å². The van der Waals surface area contributed by atoms with Crippen molar-refractivity contribution in [3.63, 3.8) is 0 Å². The summed E-state index contributed by atoms with van der Waals surface area (Å²) in [5.74, 6) is 0. The van der Waals surface area contributed by atoms with Crippen LogP contribution in [0.3, 0.4) is 0 Å². The van der Waals surface area contributed by atoms with E-state index in [0.29, 0.717) is 18.6 Å². The molecule has 2 heterocycles. The fourth-order valence-electron chi connectivity index (χ4n) is 2.77. The highest BCUT2D eigenvalue weighted by Gasteiger charge is 2.31. The van der Waals surface area contributed by atoms with Crippen molar-refractivity contribution in [2.75, 3.05) is 32.7 Å². The summed E-state index contributed by atoms with van der Waals surface area (Å²) in [5, 5.41) is 2.87. The van der Waals surface area contributed by atoms with E-state index in [1.165, 1.54) is 0 Å². The molecule has 17 heavy (non-hydrogen) atoms. The van der Waals surface area contributed by atoms with E-state index in [0.717, 1.165) is 45.4 Å². The number of nitrogens with two attached hydrogens (primary N) is 1. The topological polar surface area (TPSA) is 61.6 Å². The van der Waals surface area contributed by atoms with Crippen molar-refractivity contribution >= 4 is 6.03 Å². The average Bonchev–Trinajstić information content (AvgIpc) is 2.80. The summed E-state index contributed by atoms with van der Waals surface area (Å²) in [7, 11) is 0. The summed E-state index contributed by atoms with van der Waals surface area (Å²) >= 11 is 0. The third-order valence-electron chi connectivity index (χ3n) is 3.87. The largest absolute Gasteiger partial charge is 0.338 e. The minimum absolute atomic E-state index is 0.0868. The van der Waals surface area contributed by atoms with Crippen molar-refractivity contribution in [1.82, 2.24) is 15.1 Å². The standard InChI is InChI=1S/C12H24N4O/c1-2-14-12(17)16-8-5-11(9-16)15-6-3-10(13)4-7-15/h10-11H,2-9,13H2,1H3,(H,14,17). The Bertz CT molecular complexity index is 263. The van der Waals surface area contributed by atoms with Crippen molar-refractivity contribution in [2.24, 2.45) is 5.73 Å². The van der Waals surface area contributed by atoms with Crippen LogP contribution in [-0.4, -0.2) is 60.6 Å². The third-order valence-corrected chi connectivity index (χ3v) is 3.87. The number of carbonyl (C=O) groups is 1. The number of piperidine rings is 1. The molecule has 0 radical (unpaired) electrons. The zero-order chi connectivity index (χ0) is 12.3. The summed E-state index contributed by atoms with van der Waals surface area (Å²) in [6, 6.07) is 1.01. The Hall–Kier alpha value is -0.810. The maximum atomic E-state index is 11.7. The maximum Gasteiger partial charge on any atom is 0.317 e. The second kappa shape index (κ2) is 5.69. The zero-order valence-electron chi connectivity index (χ0n) is 10.7. The van der Waals surface area contributed by atoms with Gasteiger partial charge in [0.1, 0.15) is 0 Å². The molecular formula is C12H24N4O. The molecule has 3 N–H and O–H groups in total. The van der Waals surface area contributed by atoms with Gasteiger partial charge in [-0.25, -0.2) is 4.79 Å². The lowest BCUT2D eigenvalue weighted by molar-refractivity contribution is 0.152. The van der Waals surface area contributed by atoms with Gasteiger partial charge in [0.2, 0.25) is 0 Å². The van der Waals surface area contributed by atoms with Gasteiger partial charge in [0.25, 0.3) is 0 Å². The number of rotatable bonds is 2. The van der Waals surface area contributed by atoms with E-state index in [2.05, 4.69) is 10.2 Å². The van der Waals surface area contributed by atoms with Gasteiger partial charge in [0, 0.05) is 31.7 Å². The Morgan fingerprint density at radius 1 is 1.29 bits per heavy atom. The van der Waals surface area contributed by atoms with Crippen LogP contribution in [0.15, 0.2) is 0 Å².